The Kier molecular flexibility index (Phi) is 9.42. The molecule has 1 N–H and O–H groups in total. The minimum atomic E-state index is -3.66. The number of amides is 2. The summed E-state index contributed by atoms with van der Waals surface area (Å²) in [5.74, 6) is -1.45. The van der Waals surface area contributed by atoms with Crippen molar-refractivity contribution in [3.8, 4) is 0 Å². The summed E-state index contributed by atoms with van der Waals surface area (Å²) in [5, 5.41) is 3.02. The van der Waals surface area contributed by atoms with Crippen molar-refractivity contribution in [3.63, 3.8) is 0 Å². The topological polar surface area (TPSA) is 86.8 Å². The first-order valence-electron chi connectivity index (χ1n) is 12.1. The minimum absolute atomic E-state index is 0.00451. The van der Waals surface area contributed by atoms with Crippen molar-refractivity contribution in [2.45, 2.75) is 64.1 Å². The summed E-state index contributed by atoms with van der Waals surface area (Å²) in [6, 6.07) is 10.2. The molecule has 2 aromatic rings. The van der Waals surface area contributed by atoms with Crippen LogP contribution in [0.2, 0.25) is 0 Å². The lowest BCUT2D eigenvalue weighted by Gasteiger charge is -2.30. The zero-order valence-corrected chi connectivity index (χ0v) is 21.4. The average molecular weight is 522 g/mol. The summed E-state index contributed by atoms with van der Waals surface area (Å²) >= 11 is 0. The van der Waals surface area contributed by atoms with Crippen LogP contribution in [0.25, 0.3) is 0 Å². The van der Waals surface area contributed by atoms with Crippen LogP contribution in [0.15, 0.2) is 48.5 Å². The van der Waals surface area contributed by atoms with Crippen molar-refractivity contribution in [3.05, 3.63) is 65.7 Å². The molecule has 2 amide bonds. The number of carbonyl (C=O) groups excluding carboxylic acids is 2. The molecule has 1 aliphatic carbocycles. The van der Waals surface area contributed by atoms with Gasteiger partial charge in [-0.3, -0.25) is 13.9 Å². The fourth-order valence-electron chi connectivity index (χ4n) is 4.37. The van der Waals surface area contributed by atoms with E-state index < -0.39 is 27.7 Å². The fraction of sp³-hybridized carbons (Fsp3) is 0.462. The highest BCUT2D eigenvalue weighted by atomic mass is 32.2. The van der Waals surface area contributed by atoms with E-state index in [0.717, 1.165) is 36.2 Å². The van der Waals surface area contributed by atoms with E-state index in [9.17, 15) is 26.8 Å². The zero-order valence-electron chi connectivity index (χ0n) is 20.6. The highest BCUT2D eigenvalue weighted by Crippen LogP contribution is 2.21. The van der Waals surface area contributed by atoms with E-state index in [2.05, 4.69) is 5.32 Å². The smallest absolute Gasteiger partial charge is 0.242 e. The van der Waals surface area contributed by atoms with E-state index in [1.165, 1.54) is 41.3 Å². The maximum Gasteiger partial charge on any atom is 0.242 e. The van der Waals surface area contributed by atoms with E-state index in [-0.39, 0.29) is 43.8 Å². The van der Waals surface area contributed by atoms with Crippen LogP contribution in [-0.2, 0) is 26.2 Å². The second-order valence-corrected chi connectivity index (χ2v) is 11.1. The summed E-state index contributed by atoms with van der Waals surface area (Å²) in [6.07, 6.45) is 5.18. The SMILES string of the molecule is C[C@@H](C(=O)NC1CCCC1)N(Cc1ccc(F)cc1)C(=O)CCCN(c1ccc(F)cc1)S(C)(=O)=O. The molecule has 0 saturated heterocycles. The monoisotopic (exact) mass is 521 g/mol. The van der Waals surface area contributed by atoms with Gasteiger partial charge in [-0.05, 0) is 68.1 Å². The molecule has 1 fully saturated rings. The normalized spacial score (nSPS) is 14.9. The predicted molar refractivity (Wildman–Crippen MR) is 135 cm³/mol. The Morgan fingerprint density at radius 1 is 1.00 bits per heavy atom. The summed E-state index contributed by atoms with van der Waals surface area (Å²) in [6.45, 7) is 1.79. The molecule has 1 atom stereocenters. The number of nitrogens with zero attached hydrogens (tertiary/aromatic N) is 2. The third-order valence-corrected chi connectivity index (χ3v) is 7.60. The van der Waals surface area contributed by atoms with Crippen molar-refractivity contribution in [1.82, 2.24) is 10.2 Å². The van der Waals surface area contributed by atoms with Crippen LogP contribution >= 0.6 is 0 Å². The molecule has 2 aromatic carbocycles. The largest absolute Gasteiger partial charge is 0.352 e. The molecule has 0 unspecified atom stereocenters. The van der Waals surface area contributed by atoms with Gasteiger partial charge in [-0.25, -0.2) is 17.2 Å². The number of anilines is 1. The molecule has 7 nitrogen and oxygen atoms in total. The molecule has 1 saturated carbocycles. The van der Waals surface area contributed by atoms with Crippen LogP contribution in [0.4, 0.5) is 14.5 Å². The van der Waals surface area contributed by atoms with Crippen molar-refractivity contribution in [1.29, 1.82) is 0 Å². The first-order valence-corrected chi connectivity index (χ1v) is 14.0. The van der Waals surface area contributed by atoms with E-state index in [1.54, 1.807) is 19.1 Å². The molecule has 0 heterocycles. The van der Waals surface area contributed by atoms with Crippen LogP contribution < -0.4 is 9.62 Å². The number of nitrogens with one attached hydrogen (secondary N) is 1. The molecule has 196 valence electrons. The highest BCUT2D eigenvalue weighted by Gasteiger charge is 2.28. The number of rotatable bonds is 11. The van der Waals surface area contributed by atoms with Gasteiger partial charge in [0.15, 0.2) is 0 Å². The minimum Gasteiger partial charge on any atom is -0.352 e. The van der Waals surface area contributed by atoms with Gasteiger partial charge in [0.1, 0.15) is 17.7 Å². The number of sulfonamides is 1. The van der Waals surface area contributed by atoms with Crippen molar-refractivity contribution in [2.24, 2.45) is 0 Å². The summed E-state index contributed by atoms with van der Waals surface area (Å²) in [7, 11) is -3.66. The number of halogens is 2. The van der Waals surface area contributed by atoms with Gasteiger partial charge in [-0.2, -0.15) is 0 Å². The maximum atomic E-state index is 13.4. The van der Waals surface area contributed by atoms with Crippen LogP contribution in [0.1, 0.15) is 51.0 Å². The van der Waals surface area contributed by atoms with Gasteiger partial charge in [0.2, 0.25) is 21.8 Å². The van der Waals surface area contributed by atoms with E-state index in [0.29, 0.717) is 11.3 Å². The summed E-state index contributed by atoms with van der Waals surface area (Å²) in [4.78, 5) is 27.6. The second-order valence-electron chi connectivity index (χ2n) is 9.23. The highest BCUT2D eigenvalue weighted by molar-refractivity contribution is 7.92. The first kappa shape index (κ1) is 27.6. The molecule has 0 spiro atoms. The lowest BCUT2D eigenvalue weighted by molar-refractivity contribution is -0.141. The number of hydrogen-bond donors (Lipinski definition) is 1. The molecule has 0 aliphatic heterocycles. The zero-order chi connectivity index (χ0) is 26.3. The van der Waals surface area contributed by atoms with Crippen LogP contribution in [0.3, 0.4) is 0 Å². The fourth-order valence-corrected chi connectivity index (χ4v) is 5.34. The maximum absolute atomic E-state index is 13.4. The average Bonchev–Trinajstić information content (AvgIpc) is 3.34. The van der Waals surface area contributed by atoms with E-state index in [1.807, 2.05) is 0 Å². The van der Waals surface area contributed by atoms with Gasteiger partial charge < -0.3 is 10.2 Å². The van der Waals surface area contributed by atoms with E-state index in [4.69, 9.17) is 0 Å². The Morgan fingerprint density at radius 2 is 1.56 bits per heavy atom. The van der Waals surface area contributed by atoms with E-state index >= 15 is 0 Å². The molecular weight excluding hydrogens is 488 g/mol. The third kappa shape index (κ3) is 7.74. The molecule has 36 heavy (non-hydrogen) atoms. The molecule has 3 rings (SSSR count). The van der Waals surface area contributed by atoms with Crippen LogP contribution in [-0.4, -0.2) is 50.0 Å². The molecular formula is C26H33F2N3O4S. The summed E-state index contributed by atoms with van der Waals surface area (Å²) in [5.41, 5.74) is 0.980. The molecule has 1 aliphatic rings. The molecule has 0 radical (unpaired) electrons. The van der Waals surface area contributed by atoms with Gasteiger partial charge in [0.05, 0.1) is 11.9 Å². The second kappa shape index (κ2) is 12.3. The molecule has 10 heteroatoms. The van der Waals surface area contributed by atoms with Gasteiger partial charge in [-0.15, -0.1) is 0 Å². The Morgan fingerprint density at radius 3 is 2.11 bits per heavy atom. The Bertz CT molecular complexity index is 1130. The molecule has 0 aromatic heterocycles. The summed E-state index contributed by atoms with van der Waals surface area (Å²) < 4.78 is 52.4. The van der Waals surface area contributed by atoms with Crippen LogP contribution in [0, 0.1) is 11.6 Å². The molecule has 0 bridgehead atoms. The predicted octanol–water partition coefficient (Wildman–Crippen LogP) is 3.99. The Balaban J connectivity index is 1.70. The van der Waals surface area contributed by atoms with Gasteiger partial charge in [-0.1, -0.05) is 25.0 Å². The first-order chi connectivity index (χ1) is 17.0. The van der Waals surface area contributed by atoms with Crippen molar-refractivity contribution in [2.75, 3.05) is 17.1 Å². The lowest BCUT2D eigenvalue weighted by Crippen LogP contribution is -2.49. The third-order valence-electron chi connectivity index (χ3n) is 6.40. The number of carbonyl (C=O) groups is 2. The van der Waals surface area contributed by atoms with Crippen molar-refractivity contribution < 1.29 is 26.8 Å². The Hall–Kier alpha value is -3.01. The number of benzene rings is 2. The number of hydrogen-bond acceptors (Lipinski definition) is 4. The van der Waals surface area contributed by atoms with Gasteiger partial charge >= 0.3 is 0 Å². The van der Waals surface area contributed by atoms with Crippen molar-refractivity contribution >= 4 is 27.5 Å². The lowest BCUT2D eigenvalue weighted by atomic mass is 10.1. The quantitative estimate of drug-likeness (QED) is 0.485. The van der Waals surface area contributed by atoms with Crippen LogP contribution in [0.5, 0.6) is 0 Å². The standard InChI is InChI=1S/C26H33F2N3O4S/c1-19(26(33)29-23-6-3-4-7-23)30(18-20-9-11-21(27)12-10-20)25(32)8-5-17-31(36(2,34)35)24-15-13-22(28)14-16-24/h9-16,19,23H,3-8,17-18H2,1-2H3,(H,29,33)/t19-/m0/s1. The van der Waals surface area contributed by atoms with Gasteiger partial charge in [0, 0.05) is 25.6 Å². The van der Waals surface area contributed by atoms with Gasteiger partial charge in [0.25, 0.3) is 0 Å². The Labute approximate surface area is 211 Å².